The molecule has 8 amide bonds. The first kappa shape index (κ1) is 83.5. The van der Waals surface area contributed by atoms with E-state index in [2.05, 4.69) is 22.0 Å². The summed E-state index contributed by atoms with van der Waals surface area (Å²) in [6.07, 6.45) is 2.34. The number of allylic oxidation sites excluding steroid dienone is 2. The molecule has 0 aromatic carbocycles. The van der Waals surface area contributed by atoms with Gasteiger partial charge in [-0.2, -0.15) is 0 Å². The summed E-state index contributed by atoms with van der Waals surface area (Å²) in [6.45, 7) is 37.1. The number of hydrogen-bond donors (Lipinski definition) is 2. The number of carbonyl (C=O) groups is 11. The van der Waals surface area contributed by atoms with E-state index in [1.807, 2.05) is 75.3 Å². The second-order valence-corrected chi connectivity index (χ2v) is 29.5. The highest BCUT2D eigenvalue weighted by molar-refractivity contribution is 6.00. The van der Waals surface area contributed by atoms with Crippen LogP contribution in [-0.2, 0) is 52.7 Å². The molecule has 22 nitrogen and oxygen atoms in total. The SMILES string of the molecule is C/C=C/C[C@@H](C)[C@@H](O)[C@H]1C(=O)N[C@@H](CC)C(=O)N(C)[C@H](C)C(=O)N(C)[C@@H]([C@@H](C)CN2CCN(CC)CC2)C(=O)C[C@@H](C(C)C)C(=O)N(C)[C@@H](CC(C)C)C(=O)C[C@@H](C)C(=O)C[C@H](C)C(=O)N(C)[C@@H](CC(C)C)C(=O)N(C)[C@@H](CC(C)C)C(=O)N(C)[C@@H](C(C)C)C(=O)N1C. The van der Waals surface area contributed by atoms with Gasteiger partial charge < -0.3 is 54.5 Å². The molecule has 0 aromatic rings. The molecule has 2 N–H and O–H groups in total. The van der Waals surface area contributed by atoms with E-state index in [0.29, 0.717) is 13.0 Å². The number of ketones is 3. The summed E-state index contributed by atoms with van der Waals surface area (Å²) in [6, 6.07) is -9.60. The Kier molecular flexibility index (Phi) is 34.3. The van der Waals surface area contributed by atoms with E-state index >= 15 is 33.6 Å². The van der Waals surface area contributed by atoms with Gasteiger partial charge in [-0.25, -0.2) is 0 Å². The van der Waals surface area contributed by atoms with Crippen LogP contribution in [0.15, 0.2) is 12.2 Å². The zero-order valence-corrected chi connectivity index (χ0v) is 62.0. The van der Waals surface area contributed by atoms with E-state index in [4.69, 9.17) is 0 Å². The molecule has 14 atom stereocenters. The van der Waals surface area contributed by atoms with Gasteiger partial charge in [0.1, 0.15) is 42.0 Å². The number of hydrogen-bond acceptors (Lipinski definition) is 14. The fraction of sp³-hybridized carbons (Fsp3) is 0.817. The van der Waals surface area contributed by atoms with Gasteiger partial charge in [0, 0.05) is 119 Å². The van der Waals surface area contributed by atoms with Crippen LogP contribution in [0.3, 0.4) is 0 Å². The van der Waals surface area contributed by atoms with Crippen molar-refractivity contribution in [2.24, 2.45) is 59.2 Å². The maximum atomic E-state index is 15.3. The maximum absolute atomic E-state index is 15.3. The minimum absolute atomic E-state index is 0.0277. The lowest BCUT2D eigenvalue weighted by atomic mass is 9.83. The smallest absolute Gasteiger partial charge is 0.246 e. The molecule has 2 rings (SSSR count). The summed E-state index contributed by atoms with van der Waals surface area (Å²) >= 11 is 0. The van der Waals surface area contributed by atoms with Crippen LogP contribution in [0, 0.1) is 59.2 Å². The zero-order valence-electron chi connectivity index (χ0n) is 62.0. The third-order valence-corrected chi connectivity index (χ3v) is 19.7. The number of carbonyl (C=O) groups excluding carboxylic acids is 11. The van der Waals surface area contributed by atoms with Crippen molar-refractivity contribution in [3.05, 3.63) is 12.2 Å². The first-order valence-corrected chi connectivity index (χ1v) is 34.6. The fourth-order valence-corrected chi connectivity index (χ4v) is 13.4. The minimum Gasteiger partial charge on any atom is -0.390 e. The molecular formula is C71H126N10O12. The van der Waals surface area contributed by atoms with Crippen LogP contribution in [-0.4, -0.2) is 257 Å². The molecule has 2 heterocycles. The summed E-state index contributed by atoms with van der Waals surface area (Å²) in [5.41, 5.74) is 0. The third-order valence-electron chi connectivity index (χ3n) is 19.7. The van der Waals surface area contributed by atoms with E-state index in [9.17, 15) is 24.3 Å². The molecule has 532 valence electrons. The van der Waals surface area contributed by atoms with Gasteiger partial charge >= 0.3 is 0 Å². The number of amides is 8. The largest absolute Gasteiger partial charge is 0.390 e. The molecule has 0 aromatic heterocycles. The average Bonchev–Trinajstić information content (AvgIpc) is 0.822. The highest BCUT2D eigenvalue weighted by Gasteiger charge is 2.47. The number of rotatable bonds is 17. The van der Waals surface area contributed by atoms with Crippen molar-refractivity contribution in [3.8, 4) is 0 Å². The molecule has 2 aliphatic heterocycles. The Bertz CT molecular complexity index is 2550. The van der Waals surface area contributed by atoms with Crippen molar-refractivity contribution in [2.75, 3.05) is 88.6 Å². The summed E-state index contributed by atoms with van der Waals surface area (Å²) in [7, 11) is 10.4. The highest BCUT2D eigenvalue weighted by Crippen LogP contribution is 2.30. The van der Waals surface area contributed by atoms with E-state index in [-0.39, 0.29) is 80.0 Å². The quantitative estimate of drug-likeness (QED) is 0.155. The Morgan fingerprint density at radius 1 is 0.473 bits per heavy atom. The molecule has 0 aliphatic carbocycles. The molecule has 0 saturated carbocycles. The van der Waals surface area contributed by atoms with Gasteiger partial charge in [0.15, 0.2) is 11.6 Å². The molecule has 0 unspecified atom stereocenters. The number of nitrogens with one attached hydrogen (secondary N) is 1. The number of Topliss-reactive ketones (excluding diaryl/α,β-unsaturated/α-hetero) is 3. The maximum Gasteiger partial charge on any atom is 0.246 e. The van der Waals surface area contributed by atoms with Crippen molar-refractivity contribution in [3.63, 3.8) is 0 Å². The number of aliphatic hydroxyl groups excluding tert-OH is 1. The van der Waals surface area contributed by atoms with E-state index in [1.54, 1.807) is 61.6 Å². The van der Waals surface area contributed by atoms with Crippen LogP contribution in [0.1, 0.15) is 176 Å². The number of piperazine rings is 1. The van der Waals surface area contributed by atoms with Crippen molar-refractivity contribution < 1.29 is 57.8 Å². The number of likely N-dealkylation sites (N-methyl/N-ethyl adjacent to an activating group) is 8. The minimum atomic E-state index is -1.61. The molecule has 2 saturated heterocycles. The fourth-order valence-electron chi connectivity index (χ4n) is 13.4. The van der Waals surface area contributed by atoms with Gasteiger partial charge in [-0.05, 0) is 93.9 Å². The molecule has 0 spiro atoms. The molecule has 0 radical (unpaired) electrons. The average molecular weight is 1310 g/mol. The number of nitrogens with zero attached hydrogens (tertiary/aromatic N) is 9. The molecule has 2 fully saturated rings. The van der Waals surface area contributed by atoms with Crippen LogP contribution >= 0.6 is 0 Å². The van der Waals surface area contributed by atoms with Crippen LogP contribution in [0.2, 0.25) is 0 Å². The second-order valence-electron chi connectivity index (χ2n) is 29.5. The highest BCUT2D eigenvalue weighted by atomic mass is 16.3. The van der Waals surface area contributed by atoms with Gasteiger partial charge in [0.25, 0.3) is 0 Å². The summed E-state index contributed by atoms with van der Waals surface area (Å²) in [5.74, 6) is -11.0. The monoisotopic (exact) mass is 1310 g/mol. The Balaban J connectivity index is 3.05. The summed E-state index contributed by atoms with van der Waals surface area (Å²) < 4.78 is 0. The van der Waals surface area contributed by atoms with Crippen LogP contribution in [0.4, 0.5) is 0 Å². The molecule has 22 heteroatoms. The molecular weight excluding hydrogens is 1180 g/mol. The van der Waals surface area contributed by atoms with Gasteiger partial charge in [-0.15, -0.1) is 0 Å². The first-order chi connectivity index (χ1) is 43.1. The molecule has 2 aliphatic rings. The van der Waals surface area contributed by atoms with Crippen molar-refractivity contribution in [2.45, 2.75) is 230 Å². The van der Waals surface area contributed by atoms with Crippen LogP contribution < -0.4 is 5.32 Å². The Morgan fingerprint density at radius 3 is 1.40 bits per heavy atom. The Hall–Kier alpha value is -5.61. The Morgan fingerprint density at radius 2 is 0.925 bits per heavy atom. The Labute approximate surface area is 560 Å². The predicted octanol–water partition coefficient (Wildman–Crippen LogP) is 6.16. The van der Waals surface area contributed by atoms with E-state index in [0.717, 1.165) is 37.6 Å². The second kappa shape index (κ2) is 38.2. The zero-order chi connectivity index (χ0) is 71.5. The van der Waals surface area contributed by atoms with Gasteiger partial charge in [-0.1, -0.05) is 123 Å². The van der Waals surface area contributed by atoms with Crippen LogP contribution in [0.5, 0.6) is 0 Å². The lowest BCUT2D eigenvalue weighted by molar-refractivity contribution is -0.157. The van der Waals surface area contributed by atoms with E-state index in [1.165, 1.54) is 71.7 Å². The normalized spacial score (nSPS) is 28.4. The van der Waals surface area contributed by atoms with Crippen molar-refractivity contribution in [1.82, 2.24) is 49.4 Å². The number of aliphatic hydroxyl groups is 1. The summed E-state index contributed by atoms with van der Waals surface area (Å²) in [5, 5.41) is 15.1. The van der Waals surface area contributed by atoms with Gasteiger partial charge in [0.05, 0.1) is 18.2 Å². The predicted molar refractivity (Wildman–Crippen MR) is 365 cm³/mol. The lowest BCUT2D eigenvalue weighted by Crippen LogP contribution is -2.63. The van der Waals surface area contributed by atoms with Crippen molar-refractivity contribution >= 4 is 64.6 Å². The topological polar surface area (TPSA) is 249 Å². The van der Waals surface area contributed by atoms with Gasteiger partial charge in [0.2, 0.25) is 47.3 Å². The third kappa shape index (κ3) is 22.8. The first-order valence-electron chi connectivity index (χ1n) is 34.6. The molecule has 0 bridgehead atoms. The standard InChI is InChI=1S/C71H126N10O12/c1-26-29-30-47(14)63(85)62-64(86)72-53(27-2)68(90)73(19)51(18)66(88)78(24)61(50(17)41-81-33-31-80(28-3)32-34-81)59(84)40-52(45(10)11)67(89)74(20)54(35-42(4)5)58(83)38-48(15)57(82)39-49(16)65(87)75(21)55(36-43(6)7)69(91)76(22)56(37-44(8)9)70(92)77(23)60(46(12)13)71(93)79(62)25/h26,29,42-56,60-63,85H,27-28,30-41H2,1-25H3,(H,72,86)/b29-26+/t47-,48-,49+,50+,51-,52+,53+,54+,55+,56+,60+,61+,62+,63-/m1/s1. The molecule has 93 heavy (non-hydrogen) atoms. The van der Waals surface area contributed by atoms with Crippen molar-refractivity contribution in [1.29, 1.82) is 0 Å². The summed E-state index contributed by atoms with van der Waals surface area (Å²) in [4.78, 5) is 178. The lowest BCUT2D eigenvalue weighted by Gasteiger charge is -2.41. The van der Waals surface area contributed by atoms with E-state index < -0.39 is 143 Å². The van der Waals surface area contributed by atoms with Crippen LogP contribution in [0.25, 0.3) is 0 Å². The van der Waals surface area contributed by atoms with Gasteiger partial charge in [-0.3, -0.25) is 52.7 Å².